The van der Waals surface area contributed by atoms with Crippen molar-refractivity contribution in [1.82, 2.24) is 4.90 Å². The van der Waals surface area contributed by atoms with Crippen molar-refractivity contribution in [2.45, 2.75) is 46.1 Å². The fourth-order valence-corrected chi connectivity index (χ4v) is 5.29. The first kappa shape index (κ1) is 15.3. The Balaban J connectivity index is 1.66. The minimum absolute atomic E-state index is 0.0451. The number of nitrogens with zero attached hydrogens (tertiary/aromatic N) is 1. The molecule has 2 atom stereocenters. The Bertz CT molecular complexity index is 794. The second-order valence-electron chi connectivity index (χ2n) is 8.44. The van der Waals surface area contributed by atoms with Gasteiger partial charge >= 0.3 is 0 Å². The number of fused-ring (bicyclic) bond motifs is 3. The van der Waals surface area contributed by atoms with Gasteiger partial charge in [0, 0.05) is 22.4 Å². The summed E-state index contributed by atoms with van der Waals surface area (Å²) in [5.74, 6) is 0.510. The van der Waals surface area contributed by atoms with E-state index in [-0.39, 0.29) is 11.3 Å². The van der Waals surface area contributed by atoms with Gasteiger partial charge in [0.25, 0.3) is 5.91 Å². The zero-order valence-electron chi connectivity index (χ0n) is 13.9. The van der Waals surface area contributed by atoms with Crippen molar-refractivity contribution in [3.8, 4) is 0 Å². The van der Waals surface area contributed by atoms with Crippen molar-refractivity contribution in [3.05, 3.63) is 34.5 Å². The molecule has 1 aliphatic heterocycles. The highest BCUT2D eigenvalue weighted by Gasteiger charge is 2.51. The lowest BCUT2D eigenvalue weighted by Gasteiger charge is -2.39. The Morgan fingerprint density at radius 2 is 2.04 bits per heavy atom. The number of likely N-dealkylation sites (tertiary alicyclic amines) is 1. The van der Waals surface area contributed by atoms with Crippen LogP contribution in [0.1, 0.15) is 50.6 Å². The lowest BCUT2D eigenvalue weighted by molar-refractivity contribution is 0.0679. The molecule has 1 amide bonds. The van der Waals surface area contributed by atoms with E-state index in [1.165, 1.54) is 6.42 Å². The smallest absolute Gasteiger partial charge is 0.289 e. The van der Waals surface area contributed by atoms with Gasteiger partial charge in [-0.15, -0.1) is 0 Å². The van der Waals surface area contributed by atoms with Crippen LogP contribution in [0.3, 0.4) is 0 Å². The number of rotatable bonds is 1. The second-order valence-corrected chi connectivity index (χ2v) is 9.36. The molecule has 0 N–H and O–H groups in total. The van der Waals surface area contributed by atoms with E-state index in [1.807, 2.05) is 24.3 Å². The number of hydrogen-bond donors (Lipinski definition) is 0. The topological polar surface area (TPSA) is 33.5 Å². The van der Waals surface area contributed by atoms with Crippen LogP contribution in [0.2, 0.25) is 0 Å². The molecule has 2 aliphatic rings. The van der Waals surface area contributed by atoms with Gasteiger partial charge in [0.05, 0.1) is 0 Å². The molecule has 1 aromatic carbocycles. The molecule has 2 aromatic rings. The van der Waals surface area contributed by atoms with Crippen molar-refractivity contribution in [1.29, 1.82) is 0 Å². The van der Waals surface area contributed by atoms with Gasteiger partial charge in [-0.3, -0.25) is 4.79 Å². The maximum Gasteiger partial charge on any atom is 0.289 e. The first-order valence-corrected chi connectivity index (χ1v) is 9.04. The van der Waals surface area contributed by atoms with Crippen LogP contribution in [0, 0.1) is 10.8 Å². The van der Waals surface area contributed by atoms with Crippen LogP contribution in [0.5, 0.6) is 0 Å². The Kier molecular flexibility index (Phi) is 3.22. The average Bonchev–Trinajstić information content (AvgIpc) is 2.94. The van der Waals surface area contributed by atoms with E-state index in [4.69, 9.17) is 4.42 Å². The zero-order valence-corrected chi connectivity index (χ0v) is 15.4. The number of carbonyl (C=O) groups excluding carboxylic acids is 1. The Hall–Kier alpha value is -1.29. The van der Waals surface area contributed by atoms with Crippen LogP contribution in [-0.2, 0) is 0 Å². The quantitative estimate of drug-likeness (QED) is 0.682. The molecule has 1 saturated heterocycles. The number of furan rings is 1. The summed E-state index contributed by atoms with van der Waals surface area (Å²) in [4.78, 5) is 15.1. The molecular weight excluding hydrogens is 354 g/mol. The summed E-state index contributed by atoms with van der Waals surface area (Å²) in [5, 5.41) is 0.977. The van der Waals surface area contributed by atoms with E-state index in [1.54, 1.807) is 0 Å². The van der Waals surface area contributed by atoms with Gasteiger partial charge in [-0.05, 0) is 54.4 Å². The summed E-state index contributed by atoms with van der Waals surface area (Å²) in [6, 6.07) is 8.08. The number of carbonyl (C=O) groups is 1. The molecule has 2 bridgehead atoms. The summed E-state index contributed by atoms with van der Waals surface area (Å²) in [5.41, 5.74) is 1.32. The SMILES string of the molecule is CC1(C)CC2CC(C)(CN2C(=O)c2cc3ccc(Br)cc3o2)C1. The van der Waals surface area contributed by atoms with E-state index in [0.29, 0.717) is 17.2 Å². The van der Waals surface area contributed by atoms with E-state index in [9.17, 15) is 4.79 Å². The van der Waals surface area contributed by atoms with Crippen molar-refractivity contribution in [2.75, 3.05) is 6.54 Å². The molecule has 3 nitrogen and oxygen atoms in total. The predicted octanol–water partition coefficient (Wildman–Crippen LogP) is 5.24. The second kappa shape index (κ2) is 4.85. The van der Waals surface area contributed by atoms with Gasteiger partial charge in [-0.25, -0.2) is 0 Å². The fraction of sp³-hybridized carbons (Fsp3) is 0.526. The van der Waals surface area contributed by atoms with E-state index in [2.05, 4.69) is 41.6 Å². The number of hydrogen-bond acceptors (Lipinski definition) is 2. The van der Waals surface area contributed by atoms with Gasteiger partial charge < -0.3 is 9.32 Å². The van der Waals surface area contributed by atoms with Crippen molar-refractivity contribution in [3.63, 3.8) is 0 Å². The molecule has 1 aromatic heterocycles. The fourth-order valence-electron chi connectivity index (χ4n) is 4.95. The minimum atomic E-state index is 0.0451. The largest absolute Gasteiger partial charge is 0.451 e. The highest BCUT2D eigenvalue weighted by atomic mass is 79.9. The predicted molar refractivity (Wildman–Crippen MR) is 94.5 cm³/mol. The summed E-state index contributed by atoms with van der Waals surface area (Å²) in [6.45, 7) is 7.82. The van der Waals surface area contributed by atoms with Gasteiger partial charge in [0.2, 0.25) is 0 Å². The molecular formula is C19H22BrNO2. The maximum absolute atomic E-state index is 13.0. The van der Waals surface area contributed by atoms with Crippen LogP contribution in [0.15, 0.2) is 33.2 Å². The van der Waals surface area contributed by atoms with Gasteiger partial charge in [-0.2, -0.15) is 0 Å². The third-order valence-corrected chi connectivity index (χ3v) is 5.86. The number of benzene rings is 1. The molecule has 2 heterocycles. The van der Waals surface area contributed by atoms with Gasteiger partial charge in [0.15, 0.2) is 5.76 Å². The average molecular weight is 376 g/mol. The Morgan fingerprint density at radius 3 is 2.83 bits per heavy atom. The van der Waals surface area contributed by atoms with Crippen LogP contribution in [0.4, 0.5) is 0 Å². The Labute approximate surface area is 145 Å². The third-order valence-electron chi connectivity index (χ3n) is 5.37. The highest BCUT2D eigenvalue weighted by Crippen LogP contribution is 2.52. The lowest BCUT2D eigenvalue weighted by Crippen LogP contribution is -2.37. The molecule has 4 rings (SSSR count). The minimum Gasteiger partial charge on any atom is -0.451 e. The van der Waals surface area contributed by atoms with Gasteiger partial charge in [-0.1, -0.05) is 36.7 Å². The van der Waals surface area contributed by atoms with Crippen LogP contribution >= 0.6 is 15.9 Å². The summed E-state index contributed by atoms with van der Waals surface area (Å²) >= 11 is 3.45. The monoisotopic (exact) mass is 375 g/mol. The summed E-state index contributed by atoms with van der Waals surface area (Å²) in [6.07, 6.45) is 3.39. The van der Waals surface area contributed by atoms with Crippen molar-refractivity contribution >= 4 is 32.8 Å². The Morgan fingerprint density at radius 1 is 1.26 bits per heavy atom. The molecule has 4 heteroatoms. The first-order valence-electron chi connectivity index (χ1n) is 8.25. The molecule has 1 saturated carbocycles. The molecule has 2 unspecified atom stereocenters. The first-order chi connectivity index (χ1) is 10.7. The van der Waals surface area contributed by atoms with Crippen LogP contribution in [0.25, 0.3) is 11.0 Å². The van der Waals surface area contributed by atoms with E-state index >= 15 is 0 Å². The van der Waals surface area contributed by atoms with Crippen molar-refractivity contribution < 1.29 is 9.21 Å². The third kappa shape index (κ3) is 2.61. The van der Waals surface area contributed by atoms with E-state index in [0.717, 1.165) is 34.8 Å². The summed E-state index contributed by atoms with van der Waals surface area (Å²) in [7, 11) is 0. The standard InChI is InChI=1S/C19H22BrNO2/c1-18(2)8-14-9-19(3,10-18)11-21(14)17(22)16-6-12-4-5-13(20)7-15(12)23-16/h4-7,14H,8-11H2,1-3H3. The summed E-state index contributed by atoms with van der Waals surface area (Å²) < 4.78 is 6.80. The number of halogens is 1. The lowest BCUT2D eigenvalue weighted by atomic mass is 9.65. The maximum atomic E-state index is 13.0. The zero-order chi connectivity index (χ0) is 16.4. The molecule has 2 fully saturated rings. The highest BCUT2D eigenvalue weighted by molar-refractivity contribution is 9.10. The van der Waals surface area contributed by atoms with Gasteiger partial charge in [0.1, 0.15) is 5.58 Å². The normalized spacial score (nSPS) is 29.2. The molecule has 0 radical (unpaired) electrons. The van der Waals surface area contributed by atoms with Crippen molar-refractivity contribution in [2.24, 2.45) is 10.8 Å². The number of amides is 1. The molecule has 1 aliphatic carbocycles. The molecule has 0 spiro atoms. The van der Waals surface area contributed by atoms with Crippen LogP contribution in [-0.4, -0.2) is 23.4 Å². The van der Waals surface area contributed by atoms with Crippen LogP contribution < -0.4 is 0 Å². The molecule has 122 valence electrons. The van der Waals surface area contributed by atoms with E-state index < -0.39 is 0 Å². The molecule has 23 heavy (non-hydrogen) atoms.